The molecule has 2 rings (SSSR count). The van der Waals surface area contributed by atoms with Crippen LogP contribution in [0.3, 0.4) is 0 Å². The molecule has 1 unspecified atom stereocenters. The van der Waals surface area contributed by atoms with Gasteiger partial charge in [-0.05, 0) is 23.8 Å². The highest BCUT2D eigenvalue weighted by atomic mass is 19.2. The molecule has 0 heterocycles. The van der Waals surface area contributed by atoms with E-state index in [1.54, 1.807) is 0 Å². The first-order chi connectivity index (χ1) is 10.9. The van der Waals surface area contributed by atoms with Crippen LogP contribution in [0.4, 0.5) is 14.5 Å². The number of non-ortho nitro benzene ring substituents is 1. The minimum Gasteiger partial charge on any atom is -0.493 e. The van der Waals surface area contributed by atoms with Crippen LogP contribution >= 0.6 is 0 Å². The second-order valence-electron chi connectivity index (χ2n) is 4.59. The van der Waals surface area contributed by atoms with E-state index in [-0.39, 0.29) is 29.4 Å². The van der Waals surface area contributed by atoms with E-state index in [0.29, 0.717) is 0 Å². The lowest BCUT2D eigenvalue weighted by Crippen LogP contribution is -2.10. The fraction of sp³-hybridized carbons (Fsp3) is 0.200. The SMILES string of the molecule is COc1cc([N+](=O)[O-])ccc1OCC(O)c1ccc(F)c(F)c1. The van der Waals surface area contributed by atoms with Crippen LogP contribution in [0.5, 0.6) is 11.5 Å². The molecule has 0 fully saturated rings. The van der Waals surface area contributed by atoms with E-state index in [4.69, 9.17) is 9.47 Å². The molecule has 0 aliphatic carbocycles. The lowest BCUT2D eigenvalue weighted by Gasteiger charge is -2.14. The molecule has 0 amide bonds. The van der Waals surface area contributed by atoms with Crippen LogP contribution in [0.1, 0.15) is 11.7 Å². The number of aliphatic hydroxyl groups excluding tert-OH is 1. The number of ether oxygens (including phenoxy) is 2. The lowest BCUT2D eigenvalue weighted by atomic mass is 10.1. The molecule has 8 heteroatoms. The van der Waals surface area contributed by atoms with Gasteiger partial charge >= 0.3 is 0 Å². The van der Waals surface area contributed by atoms with E-state index >= 15 is 0 Å². The van der Waals surface area contributed by atoms with Crippen LogP contribution in [-0.4, -0.2) is 23.7 Å². The van der Waals surface area contributed by atoms with Gasteiger partial charge in [0.2, 0.25) is 0 Å². The Morgan fingerprint density at radius 2 is 1.91 bits per heavy atom. The van der Waals surface area contributed by atoms with Crippen molar-refractivity contribution in [2.45, 2.75) is 6.10 Å². The smallest absolute Gasteiger partial charge is 0.273 e. The number of methoxy groups -OCH3 is 1. The number of rotatable bonds is 6. The van der Waals surface area contributed by atoms with Gasteiger partial charge < -0.3 is 14.6 Å². The molecule has 0 bridgehead atoms. The van der Waals surface area contributed by atoms with Crippen molar-refractivity contribution in [2.75, 3.05) is 13.7 Å². The van der Waals surface area contributed by atoms with Gasteiger partial charge in [0.05, 0.1) is 18.1 Å². The Labute approximate surface area is 130 Å². The fourth-order valence-electron chi connectivity index (χ4n) is 1.87. The van der Waals surface area contributed by atoms with Crippen molar-refractivity contribution in [3.05, 3.63) is 63.7 Å². The number of halogens is 2. The van der Waals surface area contributed by atoms with Gasteiger partial charge in [0.15, 0.2) is 23.1 Å². The first-order valence-electron chi connectivity index (χ1n) is 6.50. The fourth-order valence-corrected chi connectivity index (χ4v) is 1.87. The minimum atomic E-state index is -1.20. The van der Waals surface area contributed by atoms with Crippen LogP contribution in [0, 0.1) is 21.7 Å². The van der Waals surface area contributed by atoms with E-state index in [1.807, 2.05) is 0 Å². The molecule has 2 aromatic rings. The topological polar surface area (TPSA) is 81.8 Å². The highest BCUT2D eigenvalue weighted by Crippen LogP contribution is 2.31. The molecular weight excluding hydrogens is 312 g/mol. The van der Waals surface area contributed by atoms with Gasteiger partial charge in [-0.2, -0.15) is 0 Å². The summed E-state index contributed by atoms with van der Waals surface area (Å²) in [5.74, 6) is -1.79. The monoisotopic (exact) mass is 325 g/mol. The van der Waals surface area contributed by atoms with Gasteiger partial charge in [-0.15, -0.1) is 0 Å². The van der Waals surface area contributed by atoms with Gasteiger partial charge in [0, 0.05) is 6.07 Å². The van der Waals surface area contributed by atoms with Gasteiger partial charge in [0.1, 0.15) is 12.7 Å². The molecule has 0 aliphatic rings. The molecule has 1 N–H and O–H groups in total. The molecule has 122 valence electrons. The molecule has 0 saturated carbocycles. The summed E-state index contributed by atoms with van der Waals surface area (Å²) < 4.78 is 36.3. The van der Waals surface area contributed by atoms with Gasteiger partial charge in [-0.1, -0.05) is 6.07 Å². The van der Waals surface area contributed by atoms with Crippen LogP contribution in [0.25, 0.3) is 0 Å². The average Bonchev–Trinajstić information content (AvgIpc) is 2.54. The van der Waals surface area contributed by atoms with E-state index in [9.17, 15) is 24.0 Å². The Bertz CT molecular complexity index is 723. The third-order valence-corrected chi connectivity index (χ3v) is 3.08. The number of nitro groups is 1. The molecule has 2 aromatic carbocycles. The standard InChI is InChI=1S/C15H13F2NO5/c1-22-15-7-10(18(20)21)3-5-14(15)23-8-13(19)9-2-4-11(16)12(17)6-9/h2-7,13,19H,8H2,1H3. The van der Waals surface area contributed by atoms with Crippen LogP contribution in [0.15, 0.2) is 36.4 Å². The first-order valence-corrected chi connectivity index (χ1v) is 6.50. The van der Waals surface area contributed by atoms with Crippen molar-refractivity contribution in [3.8, 4) is 11.5 Å². The van der Waals surface area contributed by atoms with E-state index in [0.717, 1.165) is 12.1 Å². The van der Waals surface area contributed by atoms with Crippen molar-refractivity contribution >= 4 is 5.69 Å². The molecule has 0 aliphatic heterocycles. The zero-order valence-electron chi connectivity index (χ0n) is 12.0. The lowest BCUT2D eigenvalue weighted by molar-refractivity contribution is -0.385. The molecule has 0 saturated heterocycles. The molecular formula is C15H13F2NO5. The van der Waals surface area contributed by atoms with Crippen molar-refractivity contribution < 1.29 is 28.3 Å². The number of nitro benzene ring substituents is 1. The Hall–Kier alpha value is -2.74. The summed E-state index contributed by atoms with van der Waals surface area (Å²) in [5, 5.41) is 20.6. The molecule has 23 heavy (non-hydrogen) atoms. The highest BCUT2D eigenvalue weighted by molar-refractivity contribution is 5.48. The molecule has 1 atom stereocenters. The van der Waals surface area contributed by atoms with Crippen LogP contribution in [-0.2, 0) is 0 Å². The molecule has 0 aromatic heterocycles. The Morgan fingerprint density at radius 3 is 2.52 bits per heavy atom. The summed E-state index contributed by atoms with van der Waals surface area (Å²) in [5.41, 5.74) is -0.0277. The summed E-state index contributed by atoms with van der Waals surface area (Å²) in [4.78, 5) is 10.1. The third kappa shape index (κ3) is 3.92. The summed E-state index contributed by atoms with van der Waals surface area (Å²) >= 11 is 0. The summed E-state index contributed by atoms with van der Waals surface area (Å²) in [7, 11) is 1.32. The largest absolute Gasteiger partial charge is 0.493 e. The van der Waals surface area contributed by atoms with Crippen LogP contribution in [0.2, 0.25) is 0 Å². The maximum Gasteiger partial charge on any atom is 0.273 e. The van der Waals surface area contributed by atoms with Gasteiger partial charge in [-0.3, -0.25) is 10.1 Å². The number of benzene rings is 2. The normalized spacial score (nSPS) is 11.8. The van der Waals surface area contributed by atoms with Crippen molar-refractivity contribution in [1.29, 1.82) is 0 Å². The quantitative estimate of drug-likeness (QED) is 0.652. The van der Waals surface area contributed by atoms with E-state index < -0.39 is 22.7 Å². The summed E-state index contributed by atoms with van der Waals surface area (Å²) in [6.07, 6.45) is -1.20. The van der Waals surface area contributed by atoms with Crippen molar-refractivity contribution in [2.24, 2.45) is 0 Å². The molecule has 0 radical (unpaired) electrons. The van der Waals surface area contributed by atoms with Gasteiger partial charge in [-0.25, -0.2) is 8.78 Å². The Balaban J connectivity index is 2.10. The van der Waals surface area contributed by atoms with E-state index in [1.165, 1.54) is 31.4 Å². The number of nitrogens with zero attached hydrogens (tertiary/aromatic N) is 1. The number of hydrogen-bond donors (Lipinski definition) is 1. The van der Waals surface area contributed by atoms with Gasteiger partial charge in [0.25, 0.3) is 5.69 Å². The maximum absolute atomic E-state index is 13.1. The van der Waals surface area contributed by atoms with Crippen molar-refractivity contribution in [1.82, 2.24) is 0 Å². The highest BCUT2D eigenvalue weighted by Gasteiger charge is 2.15. The Kier molecular flexibility index (Phi) is 5.07. The molecule has 6 nitrogen and oxygen atoms in total. The summed E-state index contributed by atoms with van der Waals surface area (Å²) in [6.45, 7) is -0.265. The molecule has 0 spiro atoms. The Morgan fingerprint density at radius 1 is 1.17 bits per heavy atom. The zero-order valence-corrected chi connectivity index (χ0v) is 12.0. The van der Waals surface area contributed by atoms with Crippen molar-refractivity contribution in [3.63, 3.8) is 0 Å². The second-order valence-corrected chi connectivity index (χ2v) is 4.59. The maximum atomic E-state index is 13.1. The number of aliphatic hydroxyl groups is 1. The second kappa shape index (κ2) is 7.01. The summed E-state index contributed by atoms with van der Waals surface area (Å²) in [6, 6.07) is 6.74. The third-order valence-electron chi connectivity index (χ3n) is 3.08. The average molecular weight is 325 g/mol. The van der Waals surface area contributed by atoms with Crippen LogP contribution < -0.4 is 9.47 Å². The zero-order chi connectivity index (χ0) is 17.0. The predicted molar refractivity (Wildman–Crippen MR) is 76.5 cm³/mol. The predicted octanol–water partition coefficient (Wildman–Crippen LogP) is 2.99. The van der Waals surface area contributed by atoms with E-state index in [2.05, 4.69) is 0 Å². The number of hydrogen-bond acceptors (Lipinski definition) is 5. The minimum absolute atomic E-state index is 0.122. The first kappa shape index (κ1) is 16.6.